The standard InChI is InChI=1S/C15H21N3S/c16-15(17)11-4-3-7-18(8-11)9-12-10-19-14-6-2-1-5-13(12)14/h1-2,5-6,11-12H,3-4,7-10H2,(H3,16,17). The maximum atomic E-state index is 7.63. The van der Waals surface area contributed by atoms with Gasteiger partial charge in [0, 0.05) is 35.6 Å². The molecule has 4 heteroatoms. The lowest BCUT2D eigenvalue weighted by atomic mass is 9.94. The van der Waals surface area contributed by atoms with Gasteiger partial charge in [-0.15, -0.1) is 11.8 Å². The van der Waals surface area contributed by atoms with Gasteiger partial charge >= 0.3 is 0 Å². The van der Waals surface area contributed by atoms with E-state index in [1.807, 2.05) is 11.8 Å². The molecule has 2 unspecified atom stereocenters. The molecule has 0 spiro atoms. The van der Waals surface area contributed by atoms with E-state index in [0.29, 0.717) is 11.8 Å². The summed E-state index contributed by atoms with van der Waals surface area (Å²) >= 11 is 1.98. The number of likely N-dealkylation sites (tertiary alicyclic amines) is 1. The highest BCUT2D eigenvalue weighted by Crippen LogP contribution is 2.39. The molecule has 1 fully saturated rings. The molecule has 102 valence electrons. The molecule has 0 aromatic heterocycles. The number of thioether (sulfide) groups is 1. The maximum absolute atomic E-state index is 7.63. The second-order valence-corrected chi connectivity index (χ2v) is 6.66. The summed E-state index contributed by atoms with van der Waals surface area (Å²) in [6, 6.07) is 8.77. The highest BCUT2D eigenvalue weighted by molar-refractivity contribution is 7.99. The Morgan fingerprint density at radius 3 is 3.11 bits per heavy atom. The Labute approximate surface area is 119 Å². The number of fused-ring (bicyclic) bond motifs is 1. The van der Waals surface area contributed by atoms with Crippen LogP contribution < -0.4 is 5.73 Å². The molecule has 2 atom stereocenters. The van der Waals surface area contributed by atoms with Crippen LogP contribution in [0.4, 0.5) is 0 Å². The zero-order valence-corrected chi connectivity index (χ0v) is 12.0. The fraction of sp³-hybridized carbons (Fsp3) is 0.533. The Morgan fingerprint density at radius 1 is 1.42 bits per heavy atom. The van der Waals surface area contributed by atoms with Crippen LogP contribution in [0.3, 0.4) is 0 Å². The minimum Gasteiger partial charge on any atom is -0.387 e. The van der Waals surface area contributed by atoms with Crippen LogP contribution in [0.5, 0.6) is 0 Å². The van der Waals surface area contributed by atoms with Gasteiger partial charge in [0.1, 0.15) is 0 Å². The molecule has 3 nitrogen and oxygen atoms in total. The van der Waals surface area contributed by atoms with Gasteiger partial charge in [0.15, 0.2) is 0 Å². The first-order valence-electron chi connectivity index (χ1n) is 7.02. The van der Waals surface area contributed by atoms with Crippen molar-refractivity contribution in [2.45, 2.75) is 23.7 Å². The molecule has 2 aliphatic heterocycles. The lowest BCUT2D eigenvalue weighted by Gasteiger charge is -2.33. The van der Waals surface area contributed by atoms with Crippen LogP contribution in [0.2, 0.25) is 0 Å². The summed E-state index contributed by atoms with van der Waals surface area (Å²) in [6.07, 6.45) is 2.26. The molecule has 2 aliphatic rings. The van der Waals surface area contributed by atoms with Crippen LogP contribution in [0.15, 0.2) is 29.2 Å². The van der Waals surface area contributed by atoms with Gasteiger partial charge in [-0.05, 0) is 31.0 Å². The number of nitrogens with two attached hydrogens (primary N) is 1. The Kier molecular flexibility index (Phi) is 3.80. The molecule has 0 aliphatic carbocycles. The van der Waals surface area contributed by atoms with E-state index in [-0.39, 0.29) is 5.92 Å². The van der Waals surface area contributed by atoms with E-state index in [1.54, 1.807) is 0 Å². The third-order valence-corrected chi connectivity index (χ3v) is 5.47. The second-order valence-electron chi connectivity index (χ2n) is 5.60. The van der Waals surface area contributed by atoms with E-state index in [9.17, 15) is 0 Å². The van der Waals surface area contributed by atoms with Gasteiger partial charge in [0.25, 0.3) is 0 Å². The average molecular weight is 275 g/mol. The number of amidine groups is 1. The normalized spacial score (nSPS) is 27.2. The first kappa shape index (κ1) is 13.0. The van der Waals surface area contributed by atoms with Crippen molar-refractivity contribution >= 4 is 17.6 Å². The number of nitrogens with one attached hydrogen (secondary N) is 1. The number of nitrogens with zero attached hydrogens (tertiary/aromatic N) is 1. The van der Waals surface area contributed by atoms with Crippen LogP contribution >= 0.6 is 11.8 Å². The Bertz CT molecular complexity index is 474. The predicted molar refractivity (Wildman–Crippen MR) is 81.0 cm³/mol. The number of hydrogen-bond donors (Lipinski definition) is 2. The third kappa shape index (κ3) is 2.79. The average Bonchev–Trinajstić information content (AvgIpc) is 2.83. The molecule has 0 radical (unpaired) electrons. The van der Waals surface area contributed by atoms with Gasteiger partial charge < -0.3 is 10.6 Å². The summed E-state index contributed by atoms with van der Waals surface area (Å²) in [5, 5.41) is 7.63. The van der Waals surface area contributed by atoms with Crippen molar-refractivity contribution in [1.29, 1.82) is 5.41 Å². The van der Waals surface area contributed by atoms with Gasteiger partial charge in [-0.3, -0.25) is 5.41 Å². The summed E-state index contributed by atoms with van der Waals surface area (Å²) in [5.74, 6) is 2.48. The molecule has 0 bridgehead atoms. The van der Waals surface area contributed by atoms with Crippen molar-refractivity contribution in [2.24, 2.45) is 11.7 Å². The molecule has 0 amide bonds. The van der Waals surface area contributed by atoms with E-state index in [4.69, 9.17) is 11.1 Å². The van der Waals surface area contributed by atoms with Crippen molar-refractivity contribution in [3.05, 3.63) is 29.8 Å². The molecular weight excluding hydrogens is 254 g/mol. The van der Waals surface area contributed by atoms with E-state index >= 15 is 0 Å². The molecule has 3 rings (SSSR count). The fourth-order valence-electron chi connectivity index (χ4n) is 3.17. The summed E-state index contributed by atoms with van der Waals surface area (Å²) in [4.78, 5) is 3.95. The van der Waals surface area contributed by atoms with Crippen LogP contribution in [-0.4, -0.2) is 36.1 Å². The number of hydrogen-bond acceptors (Lipinski definition) is 3. The molecule has 1 aromatic rings. The van der Waals surface area contributed by atoms with E-state index in [2.05, 4.69) is 29.2 Å². The van der Waals surface area contributed by atoms with E-state index < -0.39 is 0 Å². The topological polar surface area (TPSA) is 53.1 Å². The highest BCUT2D eigenvalue weighted by Gasteiger charge is 2.28. The third-order valence-electron chi connectivity index (χ3n) is 4.22. The fourth-order valence-corrected chi connectivity index (χ4v) is 4.41. The summed E-state index contributed by atoms with van der Waals surface area (Å²) in [5.41, 5.74) is 7.18. The van der Waals surface area contributed by atoms with Crippen LogP contribution in [-0.2, 0) is 0 Å². The Balaban J connectivity index is 1.65. The first-order chi connectivity index (χ1) is 9.24. The molecule has 1 saturated heterocycles. The molecule has 2 heterocycles. The zero-order chi connectivity index (χ0) is 13.2. The zero-order valence-electron chi connectivity index (χ0n) is 11.1. The second kappa shape index (κ2) is 5.55. The van der Waals surface area contributed by atoms with Gasteiger partial charge in [-0.25, -0.2) is 0 Å². The van der Waals surface area contributed by atoms with Crippen molar-refractivity contribution < 1.29 is 0 Å². The van der Waals surface area contributed by atoms with Crippen LogP contribution in [0, 0.1) is 11.3 Å². The molecular formula is C15H21N3S. The minimum absolute atomic E-state index is 0.276. The highest BCUT2D eigenvalue weighted by atomic mass is 32.2. The Morgan fingerprint density at radius 2 is 2.26 bits per heavy atom. The van der Waals surface area contributed by atoms with Crippen molar-refractivity contribution in [3.8, 4) is 0 Å². The van der Waals surface area contributed by atoms with E-state index in [1.165, 1.54) is 22.6 Å². The quantitative estimate of drug-likeness (QED) is 0.658. The number of rotatable bonds is 3. The molecule has 1 aromatic carbocycles. The lowest BCUT2D eigenvalue weighted by molar-refractivity contribution is 0.196. The number of benzene rings is 1. The van der Waals surface area contributed by atoms with Gasteiger partial charge in [0.2, 0.25) is 0 Å². The number of piperidine rings is 1. The van der Waals surface area contributed by atoms with Crippen molar-refractivity contribution in [2.75, 3.05) is 25.4 Å². The SMILES string of the molecule is N=C(N)C1CCCN(CC2CSc3ccccc32)C1. The maximum Gasteiger partial charge on any atom is 0.0949 e. The summed E-state index contributed by atoms with van der Waals surface area (Å²) in [7, 11) is 0. The molecule has 0 saturated carbocycles. The van der Waals surface area contributed by atoms with Crippen LogP contribution in [0.25, 0.3) is 0 Å². The lowest BCUT2D eigenvalue weighted by Crippen LogP contribution is -2.42. The van der Waals surface area contributed by atoms with Gasteiger partial charge in [-0.1, -0.05) is 18.2 Å². The largest absolute Gasteiger partial charge is 0.387 e. The minimum atomic E-state index is 0.276. The Hall–Kier alpha value is -1.00. The summed E-state index contributed by atoms with van der Waals surface area (Å²) in [6.45, 7) is 3.25. The predicted octanol–water partition coefficient (Wildman–Crippen LogP) is 2.52. The monoisotopic (exact) mass is 275 g/mol. The molecule has 3 N–H and O–H groups in total. The van der Waals surface area contributed by atoms with Gasteiger partial charge in [-0.2, -0.15) is 0 Å². The van der Waals surface area contributed by atoms with E-state index in [0.717, 1.165) is 26.1 Å². The van der Waals surface area contributed by atoms with Crippen molar-refractivity contribution in [3.63, 3.8) is 0 Å². The first-order valence-corrected chi connectivity index (χ1v) is 8.00. The van der Waals surface area contributed by atoms with Gasteiger partial charge in [0.05, 0.1) is 5.84 Å². The van der Waals surface area contributed by atoms with Crippen molar-refractivity contribution in [1.82, 2.24) is 4.90 Å². The van der Waals surface area contributed by atoms with Crippen LogP contribution in [0.1, 0.15) is 24.3 Å². The summed E-state index contributed by atoms with van der Waals surface area (Å²) < 4.78 is 0. The molecule has 19 heavy (non-hydrogen) atoms. The smallest absolute Gasteiger partial charge is 0.0949 e.